The third-order valence-corrected chi connectivity index (χ3v) is 7.53. The fourth-order valence-corrected chi connectivity index (χ4v) is 5.09. The second kappa shape index (κ2) is 8.93. The van der Waals surface area contributed by atoms with Crippen molar-refractivity contribution in [3.63, 3.8) is 0 Å². The van der Waals surface area contributed by atoms with Crippen molar-refractivity contribution in [1.29, 1.82) is 0 Å². The third-order valence-electron chi connectivity index (χ3n) is 5.61. The quantitative estimate of drug-likeness (QED) is 0.405. The maximum atomic E-state index is 12.6. The standard InChI is InChI=1S/C23H23N7O3S.3H2/c1-25-13-15-3-5-17(6-4-15)22-28-29-23(33-22)20-21(24)26-14-19(27-20)16-7-9-18(10-8-16)34(31,32)30-11-2-12-30;;;/h3-10,14,25H,2,11-13H2,1H3,(H2,24,26);3*1H. The Kier molecular flexibility index (Phi) is 5.82. The number of hydrogen-bond donors (Lipinski definition) is 2. The van der Waals surface area contributed by atoms with Gasteiger partial charge in [-0.15, -0.1) is 10.2 Å². The zero-order chi connectivity index (χ0) is 23.7. The minimum atomic E-state index is -3.45. The molecule has 0 radical (unpaired) electrons. The van der Waals surface area contributed by atoms with E-state index in [4.69, 9.17) is 10.2 Å². The van der Waals surface area contributed by atoms with E-state index in [0.717, 1.165) is 24.1 Å². The predicted molar refractivity (Wildman–Crippen MR) is 133 cm³/mol. The minimum absolute atomic E-state index is 0. The first-order chi connectivity index (χ1) is 16.5. The van der Waals surface area contributed by atoms with Crippen molar-refractivity contribution in [1.82, 2.24) is 29.8 Å². The maximum Gasteiger partial charge on any atom is 0.270 e. The van der Waals surface area contributed by atoms with Crippen LogP contribution in [-0.4, -0.2) is 53.0 Å². The van der Waals surface area contributed by atoms with Crippen molar-refractivity contribution in [2.75, 3.05) is 25.9 Å². The van der Waals surface area contributed by atoms with Gasteiger partial charge in [-0.25, -0.2) is 18.4 Å². The molecule has 3 heterocycles. The summed E-state index contributed by atoms with van der Waals surface area (Å²) in [5, 5.41) is 11.3. The van der Waals surface area contributed by atoms with Crippen LogP contribution in [0.4, 0.5) is 5.82 Å². The Morgan fingerprint density at radius 3 is 2.35 bits per heavy atom. The van der Waals surface area contributed by atoms with Crippen molar-refractivity contribution in [3.8, 4) is 34.3 Å². The van der Waals surface area contributed by atoms with Crippen LogP contribution in [0.3, 0.4) is 0 Å². The number of sulfonamides is 1. The van der Waals surface area contributed by atoms with Crippen LogP contribution in [0.15, 0.2) is 64.0 Å². The topological polar surface area (TPSA) is 140 Å². The highest BCUT2D eigenvalue weighted by molar-refractivity contribution is 7.89. The summed E-state index contributed by atoms with van der Waals surface area (Å²) in [6.45, 7) is 1.88. The molecule has 0 atom stereocenters. The van der Waals surface area contributed by atoms with E-state index >= 15 is 0 Å². The molecule has 1 aliphatic heterocycles. The van der Waals surface area contributed by atoms with Gasteiger partial charge in [0, 0.05) is 35.0 Å². The molecule has 1 fully saturated rings. The first-order valence-electron chi connectivity index (χ1n) is 10.8. The van der Waals surface area contributed by atoms with E-state index in [9.17, 15) is 8.42 Å². The summed E-state index contributed by atoms with van der Waals surface area (Å²) in [6.07, 6.45) is 2.41. The lowest BCUT2D eigenvalue weighted by Gasteiger charge is -2.29. The highest BCUT2D eigenvalue weighted by Crippen LogP contribution is 2.29. The van der Waals surface area contributed by atoms with Gasteiger partial charge in [-0.3, -0.25) is 0 Å². The van der Waals surface area contributed by atoms with E-state index in [-0.39, 0.29) is 26.6 Å². The van der Waals surface area contributed by atoms with E-state index in [1.165, 1.54) is 10.5 Å². The second-order valence-electron chi connectivity index (χ2n) is 7.91. The third kappa shape index (κ3) is 4.16. The number of nitrogen functional groups attached to an aromatic ring is 1. The number of benzene rings is 2. The number of hydrogen-bond acceptors (Lipinski definition) is 9. The smallest absolute Gasteiger partial charge is 0.270 e. The van der Waals surface area contributed by atoms with Crippen LogP contribution in [0, 0.1) is 0 Å². The van der Waals surface area contributed by atoms with Gasteiger partial charge in [-0.1, -0.05) is 24.3 Å². The Hall–Kier alpha value is -3.67. The number of anilines is 1. The Balaban J connectivity index is 0.00000160. The molecule has 0 bridgehead atoms. The van der Waals surface area contributed by atoms with Gasteiger partial charge in [0.15, 0.2) is 11.5 Å². The highest BCUT2D eigenvalue weighted by Gasteiger charge is 2.29. The van der Waals surface area contributed by atoms with Gasteiger partial charge in [0.05, 0.1) is 16.8 Å². The average Bonchev–Trinajstić information content (AvgIpc) is 3.29. The molecular weight excluding hydrogens is 454 g/mol. The normalized spacial score (nSPS) is 14.1. The van der Waals surface area contributed by atoms with Crippen molar-refractivity contribution in [2.45, 2.75) is 17.9 Å². The second-order valence-corrected chi connectivity index (χ2v) is 9.85. The van der Waals surface area contributed by atoms with Crippen LogP contribution in [0.2, 0.25) is 0 Å². The van der Waals surface area contributed by atoms with Gasteiger partial charge in [0.1, 0.15) is 0 Å². The zero-order valence-electron chi connectivity index (χ0n) is 18.5. The number of nitrogens with two attached hydrogens (primary N) is 1. The van der Waals surface area contributed by atoms with E-state index in [0.29, 0.717) is 30.2 Å². The predicted octanol–water partition coefficient (Wildman–Crippen LogP) is 3.29. The van der Waals surface area contributed by atoms with Gasteiger partial charge in [0.25, 0.3) is 5.89 Å². The van der Waals surface area contributed by atoms with Gasteiger partial charge >= 0.3 is 0 Å². The number of nitrogens with zero attached hydrogens (tertiary/aromatic N) is 5. The molecule has 11 heteroatoms. The summed E-state index contributed by atoms with van der Waals surface area (Å²) in [7, 11) is -1.56. The summed E-state index contributed by atoms with van der Waals surface area (Å²) in [5.41, 5.74) is 9.42. The van der Waals surface area contributed by atoms with Crippen molar-refractivity contribution < 1.29 is 17.1 Å². The van der Waals surface area contributed by atoms with Crippen LogP contribution in [0.25, 0.3) is 34.3 Å². The number of nitrogens with one attached hydrogen (secondary N) is 1. The molecule has 1 aliphatic rings. The zero-order valence-corrected chi connectivity index (χ0v) is 19.3. The molecule has 180 valence electrons. The van der Waals surface area contributed by atoms with Gasteiger partial charge in [-0.05, 0) is 43.3 Å². The SMILES string of the molecule is CNCc1ccc(-c2nnc(-c3nc(-c4ccc(S(=O)(=O)N5CCC5)cc4)cnc3N)o2)cc1.[HH].[HH].[HH]. The highest BCUT2D eigenvalue weighted by atomic mass is 32.2. The number of rotatable bonds is 7. The van der Waals surface area contributed by atoms with Gasteiger partial charge in [-0.2, -0.15) is 4.31 Å². The Morgan fingerprint density at radius 2 is 1.71 bits per heavy atom. The van der Waals surface area contributed by atoms with Crippen LogP contribution in [0.5, 0.6) is 0 Å². The molecule has 1 saturated heterocycles. The monoisotopic (exact) mass is 483 g/mol. The van der Waals surface area contributed by atoms with Crippen LogP contribution in [-0.2, 0) is 16.6 Å². The molecule has 2 aromatic heterocycles. The average molecular weight is 484 g/mol. The van der Waals surface area contributed by atoms with Crippen molar-refractivity contribution in [3.05, 3.63) is 60.3 Å². The van der Waals surface area contributed by atoms with Crippen molar-refractivity contribution in [2.24, 2.45) is 0 Å². The summed E-state index contributed by atoms with van der Waals surface area (Å²) in [4.78, 5) is 9.03. The molecule has 3 N–H and O–H groups in total. The fraction of sp³-hybridized carbons (Fsp3) is 0.217. The molecule has 0 aliphatic carbocycles. The molecule has 4 aromatic rings. The lowest BCUT2D eigenvalue weighted by atomic mass is 10.1. The van der Waals surface area contributed by atoms with Crippen LogP contribution < -0.4 is 11.1 Å². The molecule has 10 nitrogen and oxygen atoms in total. The molecular formula is C23H29N7O3S. The minimum Gasteiger partial charge on any atom is -0.414 e. The summed E-state index contributed by atoms with van der Waals surface area (Å²) in [5.74, 6) is 0.650. The summed E-state index contributed by atoms with van der Waals surface area (Å²) in [6, 6.07) is 14.3. The first kappa shape index (κ1) is 22.1. The Morgan fingerprint density at radius 1 is 1.03 bits per heavy atom. The first-order valence-corrected chi connectivity index (χ1v) is 12.2. The van der Waals surface area contributed by atoms with Gasteiger partial charge in [0.2, 0.25) is 15.9 Å². The summed E-state index contributed by atoms with van der Waals surface area (Å²) >= 11 is 0. The molecule has 2 aromatic carbocycles. The van der Waals surface area contributed by atoms with E-state index in [1.807, 2.05) is 31.3 Å². The Labute approximate surface area is 201 Å². The lowest BCUT2D eigenvalue weighted by molar-refractivity contribution is 0.309. The molecule has 34 heavy (non-hydrogen) atoms. The van der Waals surface area contributed by atoms with E-state index in [2.05, 4.69) is 25.5 Å². The molecule has 0 amide bonds. The lowest BCUT2D eigenvalue weighted by Crippen LogP contribution is -2.41. The molecule has 0 saturated carbocycles. The maximum absolute atomic E-state index is 12.6. The molecule has 0 unspecified atom stereocenters. The summed E-state index contributed by atoms with van der Waals surface area (Å²) < 4.78 is 32.4. The van der Waals surface area contributed by atoms with Crippen molar-refractivity contribution >= 4 is 15.8 Å². The van der Waals surface area contributed by atoms with E-state index < -0.39 is 10.0 Å². The largest absolute Gasteiger partial charge is 0.414 e. The molecule has 5 rings (SSSR count). The van der Waals surface area contributed by atoms with Gasteiger partial charge < -0.3 is 15.5 Å². The Bertz CT molecular complexity index is 1430. The van der Waals surface area contributed by atoms with E-state index in [1.54, 1.807) is 24.3 Å². The fourth-order valence-electron chi connectivity index (χ4n) is 3.57. The van der Waals surface area contributed by atoms with Crippen LogP contribution >= 0.6 is 0 Å². The number of aromatic nitrogens is 4. The van der Waals surface area contributed by atoms with Crippen LogP contribution in [0.1, 0.15) is 16.3 Å². The molecule has 0 spiro atoms.